The Bertz CT molecular complexity index is 635. The summed E-state index contributed by atoms with van der Waals surface area (Å²) in [4.78, 5) is 2.19. The Labute approximate surface area is 119 Å². The van der Waals surface area contributed by atoms with Crippen LogP contribution in [0.3, 0.4) is 0 Å². The first kappa shape index (κ1) is 13.2. The second-order valence-electron chi connectivity index (χ2n) is 5.21. The zero-order chi connectivity index (χ0) is 14.0. The van der Waals surface area contributed by atoms with E-state index >= 15 is 0 Å². The molecule has 2 aliphatic heterocycles. The van der Waals surface area contributed by atoms with E-state index in [9.17, 15) is 8.42 Å². The fourth-order valence-electron chi connectivity index (χ4n) is 2.78. The molecule has 0 spiro atoms. The van der Waals surface area contributed by atoms with E-state index in [1.807, 2.05) is 48.7 Å². The first-order valence-electron chi connectivity index (χ1n) is 6.83. The van der Waals surface area contributed by atoms with Crippen molar-refractivity contribution in [2.24, 2.45) is 0 Å². The third kappa shape index (κ3) is 2.88. The van der Waals surface area contributed by atoms with Gasteiger partial charge in [0.25, 0.3) is 0 Å². The van der Waals surface area contributed by atoms with Crippen LogP contribution in [0.15, 0.2) is 54.4 Å². The van der Waals surface area contributed by atoms with Crippen LogP contribution in [0.25, 0.3) is 0 Å². The molecule has 0 saturated carbocycles. The predicted molar refractivity (Wildman–Crippen MR) is 79.2 cm³/mol. The second-order valence-corrected chi connectivity index (χ2v) is 6.93. The molecule has 1 unspecified atom stereocenters. The zero-order valence-corrected chi connectivity index (χ0v) is 12.0. The molecule has 1 atom stereocenters. The monoisotopic (exact) mass is 290 g/mol. The Morgan fingerprint density at radius 2 is 2.05 bits per heavy atom. The van der Waals surface area contributed by atoms with E-state index in [1.54, 1.807) is 0 Å². The maximum Gasteiger partial charge on any atom is 0.236 e. The number of allylic oxidation sites excluding steroid dienone is 2. The van der Waals surface area contributed by atoms with Crippen molar-refractivity contribution < 1.29 is 8.42 Å². The maximum atomic E-state index is 12.3. The van der Waals surface area contributed by atoms with Crippen molar-refractivity contribution >= 4 is 10.0 Å². The summed E-state index contributed by atoms with van der Waals surface area (Å²) >= 11 is 0. The fourth-order valence-corrected chi connectivity index (χ4v) is 4.05. The van der Waals surface area contributed by atoms with E-state index in [1.165, 1.54) is 0 Å². The quantitative estimate of drug-likeness (QED) is 0.922. The van der Waals surface area contributed by atoms with Gasteiger partial charge in [-0.25, -0.2) is 8.42 Å². The van der Waals surface area contributed by atoms with E-state index in [0.717, 1.165) is 30.6 Å². The summed E-state index contributed by atoms with van der Waals surface area (Å²) in [5.74, 6) is 0.0155. The van der Waals surface area contributed by atoms with Crippen molar-refractivity contribution in [3.63, 3.8) is 0 Å². The molecule has 2 heterocycles. The van der Waals surface area contributed by atoms with Crippen LogP contribution in [0, 0.1) is 0 Å². The smallest absolute Gasteiger partial charge is 0.236 e. The Morgan fingerprint density at radius 3 is 2.85 bits per heavy atom. The maximum absolute atomic E-state index is 12.3. The number of nitrogens with zero attached hydrogens (tertiary/aromatic N) is 1. The molecule has 4 nitrogen and oxygen atoms in total. The third-order valence-corrected chi connectivity index (χ3v) is 4.94. The molecule has 106 valence electrons. The second kappa shape index (κ2) is 5.32. The summed E-state index contributed by atoms with van der Waals surface area (Å²) in [6.45, 7) is 0.999. The van der Waals surface area contributed by atoms with Crippen LogP contribution < -0.4 is 4.72 Å². The zero-order valence-electron chi connectivity index (χ0n) is 11.2. The fraction of sp³-hybridized carbons (Fsp3) is 0.333. The van der Waals surface area contributed by atoms with Crippen LogP contribution in [0.4, 0.5) is 0 Å². The van der Waals surface area contributed by atoms with E-state index < -0.39 is 10.0 Å². The van der Waals surface area contributed by atoms with Crippen molar-refractivity contribution in [3.8, 4) is 0 Å². The van der Waals surface area contributed by atoms with Gasteiger partial charge in [-0.05, 0) is 36.8 Å². The van der Waals surface area contributed by atoms with Crippen molar-refractivity contribution in [2.45, 2.75) is 24.6 Å². The summed E-state index contributed by atoms with van der Waals surface area (Å²) in [6, 6.07) is 9.43. The molecule has 0 aliphatic carbocycles. The molecular formula is C15H18N2O2S. The topological polar surface area (TPSA) is 49.4 Å². The van der Waals surface area contributed by atoms with Crippen molar-refractivity contribution in [1.29, 1.82) is 0 Å². The number of hydrogen-bond acceptors (Lipinski definition) is 3. The highest BCUT2D eigenvalue weighted by molar-refractivity contribution is 7.88. The lowest BCUT2D eigenvalue weighted by Crippen LogP contribution is -2.37. The highest BCUT2D eigenvalue weighted by atomic mass is 32.2. The SMILES string of the molecule is O=S(=O)(Cc1ccccc1)NC1=CC=CN2CCCC12. The molecule has 0 amide bonds. The molecule has 1 fully saturated rings. The number of rotatable bonds is 4. The van der Waals surface area contributed by atoms with Crippen LogP contribution in [0.2, 0.25) is 0 Å². The summed E-state index contributed by atoms with van der Waals surface area (Å²) in [5, 5.41) is 0. The Kier molecular flexibility index (Phi) is 3.53. The van der Waals surface area contributed by atoms with Gasteiger partial charge in [0.15, 0.2) is 0 Å². The molecule has 1 aromatic carbocycles. The molecule has 1 saturated heterocycles. The van der Waals surface area contributed by atoms with Gasteiger partial charge in [-0.3, -0.25) is 4.72 Å². The Balaban J connectivity index is 1.73. The lowest BCUT2D eigenvalue weighted by Gasteiger charge is -2.28. The van der Waals surface area contributed by atoms with Gasteiger partial charge in [0.1, 0.15) is 0 Å². The lowest BCUT2D eigenvalue weighted by molar-refractivity contribution is 0.375. The molecule has 2 aliphatic rings. The number of nitrogens with one attached hydrogen (secondary N) is 1. The highest BCUT2D eigenvalue weighted by Gasteiger charge is 2.29. The van der Waals surface area contributed by atoms with Gasteiger partial charge in [-0.15, -0.1) is 0 Å². The van der Waals surface area contributed by atoms with E-state index in [0.29, 0.717) is 0 Å². The van der Waals surface area contributed by atoms with Gasteiger partial charge in [0.2, 0.25) is 10.0 Å². The Morgan fingerprint density at radius 1 is 1.25 bits per heavy atom. The largest absolute Gasteiger partial charge is 0.369 e. The van der Waals surface area contributed by atoms with Crippen LogP contribution in [-0.4, -0.2) is 25.9 Å². The third-order valence-electron chi connectivity index (χ3n) is 3.68. The number of sulfonamides is 1. The summed E-state index contributed by atoms with van der Waals surface area (Å²) in [6.07, 6.45) is 7.92. The van der Waals surface area contributed by atoms with Crippen LogP contribution in [0.5, 0.6) is 0 Å². The van der Waals surface area contributed by atoms with Crippen LogP contribution in [0.1, 0.15) is 18.4 Å². The van der Waals surface area contributed by atoms with E-state index in [-0.39, 0.29) is 11.8 Å². The van der Waals surface area contributed by atoms with E-state index in [2.05, 4.69) is 9.62 Å². The predicted octanol–water partition coefficient (Wildman–Crippen LogP) is 1.98. The minimum atomic E-state index is -3.35. The summed E-state index contributed by atoms with van der Waals surface area (Å²) in [7, 11) is -3.35. The van der Waals surface area contributed by atoms with Crippen molar-refractivity contribution in [3.05, 3.63) is 59.9 Å². The molecule has 1 N–H and O–H groups in total. The molecule has 1 aromatic rings. The Hall–Kier alpha value is -1.75. The van der Waals surface area contributed by atoms with E-state index in [4.69, 9.17) is 0 Å². The lowest BCUT2D eigenvalue weighted by atomic mass is 10.1. The van der Waals surface area contributed by atoms with Gasteiger partial charge >= 0.3 is 0 Å². The number of hydrogen-bond donors (Lipinski definition) is 1. The molecule has 20 heavy (non-hydrogen) atoms. The van der Waals surface area contributed by atoms with Crippen LogP contribution in [-0.2, 0) is 15.8 Å². The molecule has 0 radical (unpaired) electrons. The average molecular weight is 290 g/mol. The number of benzene rings is 1. The van der Waals surface area contributed by atoms with Gasteiger partial charge in [0.05, 0.1) is 11.8 Å². The van der Waals surface area contributed by atoms with Crippen molar-refractivity contribution in [1.82, 2.24) is 9.62 Å². The number of fused-ring (bicyclic) bond motifs is 1. The first-order chi connectivity index (χ1) is 9.64. The minimum Gasteiger partial charge on any atom is -0.369 e. The highest BCUT2D eigenvalue weighted by Crippen LogP contribution is 2.26. The summed E-state index contributed by atoms with van der Waals surface area (Å²) < 4.78 is 27.3. The van der Waals surface area contributed by atoms with Gasteiger partial charge in [-0.1, -0.05) is 30.3 Å². The van der Waals surface area contributed by atoms with Gasteiger partial charge in [0, 0.05) is 12.2 Å². The first-order valence-corrected chi connectivity index (χ1v) is 8.48. The normalized spacial score (nSPS) is 21.5. The minimum absolute atomic E-state index is 0.0155. The molecule has 0 aromatic heterocycles. The molecule has 5 heteroatoms. The molecular weight excluding hydrogens is 272 g/mol. The van der Waals surface area contributed by atoms with Gasteiger partial charge < -0.3 is 4.90 Å². The van der Waals surface area contributed by atoms with Gasteiger partial charge in [-0.2, -0.15) is 0 Å². The standard InChI is InChI=1S/C15H18N2O2S/c18-20(19,12-13-6-2-1-3-7-13)16-14-8-4-10-17-11-5-9-15(14)17/h1-4,6-8,10,15-16H,5,9,11-12H2. The molecule has 0 bridgehead atoms. The van der Waals surface area contributed by atoms with Crippen molar-refractivity contribution in [2.75, 3.05) is 6.54 Å². The summed E-state index contributed by atoms with van der Waals surface area (Å²) in [5.41, 5.74) is 1.59. The molecule has 3 rings (SSSR count). The average Bonchev–Trinajstić information content (AvgIpc) is 2.88. The van der Waals surface area contributed by atoms with Crippen LogP contribution >= 0.6 is 0 Å².